The molecule has 1 aliphatic carbocycles. The van der Waals surface area contributed by atoms with Gasteiger partial charge in [0.05, 0.1) is 0 Å². The minimum absolute atomic E-state index is 0.223. The van der Waals surface area contributed by atoms with Crippen LogP contribution < -0.4 is 5.32 Å². The number of rotatable bonds is 6. The summed E-state index contributed by atoms with van der Waals surface area (Å²) in [5.41, 5.74) is 8.34. The second kappa shape index (κ2) is 8.74. The Hall–Kier alpha value is -4.10. The molecule has 1 aliphatic rings. The molecule has 1 unspecified atom stereocenters. The van der Waals surface area contributed by atoms with E-state index in [0.29, 0.717) is 5.92 Å². The molecule has 0 radical (unpaired) electrons. The van der Waals surface area contributed by atoms with Crippen LogP contribution in [-0.2, 0) is 5.41 Å². The molecule has 0 bridgehead atoms. The molecule has 1 atom stereocenters. The van der Waals surface area contributed by atoms with Crippen molar-refractivity contribution in [1.82, 2.24) is 0 Å². The number of anilines is 2. The lowest BCUT2D eigenvalue weighted by Gasteiger charge is -2.24. The van der Waals surface area contributed by atoms with Gasteiger partial charge in [-0.05, 0) is 79.9 Å². The number of benzene rings is 6. The normalized spacial score (nSPS) is 14.5. The highest BCUT2D eigenvalue weighted by Crippen LogP contribution is 2.50. The SMILES string of the molecule is CCCC(c1c2ccccc2cc2ccccc12)c1ccc(Nc2ccc3c(c2)C3(C)C)c2ccccc12. The Morgan fingerprint density at radius 2 is 1.26 bits per heavy atom. The molecule has 0 aliphatic heterocycles. The summed E-state index contributed by atoms with van der Waals surface area (Å²) < 4.78 is 0. The van der Waals surface area contributed by atoms with E-state index < -0.39 is 0 Å². The fraction of sp³-hybridized carbons (Fsp3) is 0.189. The molecule has 0 heterocycles. The maximum atomic E-state index is 3.76. The molecule has 0 aromatic heterocycles. The minimum Gasteiger partial charge on any atom is -0.355 e. The summed E-state index contributed by atoms with van der Waals surface area (Å²) in [6.45, 7) is 6.91. The van der Waals surface area contributed by atoms with Crippen LogP contribution in [-0.4, -0.2) is 0 Å². The van der Waals surface area contributed by atoms with E-state index in [2.05, 4.69) is 135 Å². The topological polar surface area (TPSA) is 12.0 Å². The van der Waals surface area contributed by atoms with Gasteiger partial charge >= 0.3 is 0 Å². The first-order valence-electron chi connectivity index (χ1n) is 13.9. The third-order valence-corrected chi connectivity index (χ3v) is 8.65. The first-order valence-corrected chi connectivity index (χ1v) is 13.9. The van der Waals surface area contributed by atoms with E-state index in [0.717, 1.165) is 18.5 Å². The second-order valence-electron chi connectivity index (χ2n) is 11.3. The summed E-state index contributed by atoms with van der Waals surface area (Å²) >= 11 is 0. The van der Waals surface area contributed by atoms with Crippen molar-refractivity contribution < 1.29 is 0 Å². The largest absolute Gasteiger partial charge is 0.355 e. The summed E-state index contributed by atoms with van der Waals surface area (Å²) in [5, 5.41) is 11.7. The van der Waals surface area contributed by atoms with Gasteiger partial charge in [-0.2, -0.15) is 0 Å². The molecule has 0 fully saturated rings. The fourth-order valence-corrected chi connectivity index (χ4v) is 6.60. The fourth-order valence-electron chi connectivity index (χ4n) is 6.60. The van der Waals surface area contributed by atoms with Crippen LogP contribution in [0.15, 0.2) is 109 Å². The van der Waals surface area contributed by atoms with Crippen LogP contribution in [0, 0.1) is 0 Å². The Morgan fingerprint density at radius 3 is 1.92 bits per heavy atom. The van der Waals surface area contributed by atoms with Gasteiger partial charge in [0.15, 0.2) is 0 Å². The van der Waals surface area contributed by atoms with Gasteiger partial charge < -0.3 is 5.32 Å². The van der Waals surface area contributed by atoms with Crippen LogP contribution in [0.2, 0.25) is 0 Å². The Balaban J connectivity index is 1.41. The van der Waals surface area contributed by atoms with Crippen LogP contribution in [0.25, 0.3) is 32.3 Å². The smallest absolute Gasteiger partial charge is 0.0464 e. The van der Waals surface area contributed by atoms with Gasteiger partial charge in [-0.15, -0.1) is 0 Å². The van der Waals surface area contributed by atoms with Crippen molar-refractivity contribution in [2.75, 3.05) is 5.32 Å². The average molecular weight is 492 g/mol. The summed E-state index contributed by atoms with van der Waals surface area (Å²) in [4.78, 5) is 0. The van der Waals surface area contributed by atoms with Crippen molar-refractivity contribution in [1.29, 1.82) is 0 Å². The predicted octanol–water partition coefficient (Wildman–Crippen LogP) is 10.5. The van der Waals surface area contributed by atoms with Crippen molar-refractivity contribution in [3.05, 3.63) is 131 Å². The lowest BCUT2D eigenvalue weighted by Crippen LogP contribution is -2.05. The van der Waals surface area contributed by atoms with Gasteiger partial charge in [0, 0.05) is 28.1 Å². The van der Waals surface area contributed by atoms with Crippen LogP contribution >= 0.6 is 0 Å². The van der Waals surface area contributed by atoms with E-state index in [1.165, 1.54) is 60.3 Å². The number of hydrogen-bond acceptors (Lipinski definition) is 1. The Kier molecular flexibility index (Phi) is 5.30. The van der Waals surface area contributed by atoms with Crippen molar-refractivity contribution in [2.24, 2.45) is 0 Å². The molecular formula is C37H33N. The van der Waals surface area contributed by atoms with E-state index in [4.69, 9.17) is 0 Å². The van der Waals surface area contributed by atoms with E-state index >= 15 is 0 Å². The number of nitrogens with one attached hydrogen (secondary N) is 1. The zero-order valence-electron chi connectivity index (χ0n) is 22.4. The maximum Gasteiger partial charge on any atom is 0.0464 e. The van der Waals surface area contributed by atoms with E-state index in [1.54, 1.807) is 0 Å². The molecule has 6 aromatic rings. The Morgan fingerprint density at radius 1 is 0.632 bits per heavy atom. The van der Waals surface area contributed by atoms with Crippen molar-refractivity contribution in [3.63, 3.8) is 0 Å². The molecule has 6 aromatic carbocycles. The molecule has 0 saturated carbocycles. The van der Waals surface area contributed by atoms with E-state index in [9.17, 15) is 0 Å². The molecule has 0 saturated heterocycles. The lowest BCUT2D eigenvalue weighted by molar-refractivity contribution is 0.711. The first kappa shape index (κ1) is 23.0. The van der Waals surface area contributed by atoms with Crippen molar-refractivity contribution in [2.45, 2.75) is 44.9 Å². The van der Waals surface area contributed by atoms with Gasteiger partial charge in [-0.3, -0.25) is 0 Å². The second-order valence-corrected chi connectivity index (χ2v) is 11.3. The monoisotopic (exact) mass is 491 g/mol. The van der Waals surface area contributed by atoms with Gasteiger partial charge in [0.1, 0.15) is 0 Å². The van der Waals surface area contributed by atoms with Gasteiger partial charge in [0.2, 0.25) is 0 Å². The van der Waals surface area contributed by atoms with E-state index in [-0.39, 0.29) is 5.41 Å². The highest BCUT2D eigenvalue weighted by atomic mass is 14.9. The highest BCUT2D eigenvalue weighted by molar-refractivity contribution is 6.04. The van der Waals surface area contributed by atoms with Crippen LogP contribution in [0.1, 0.15) is 61.8 Å². The first-order chi connectivity index (χ1) is 18.6. The Bertz CT molecular complexity index is 1790. The van der Waals surface area contributed by atoms with Crippen LogP contribution in [0.3, 0.4) is 0 Å². The molecule has 1 nitrogen and oxygen atoms in total. The summed E-state index contributed by atoms with van der Waals surface area (Å²) in [7, 11) is 0. The molecule has 7 rings (SSSR count). The summed E-state index contributed by atoms with van der Waals surface area (Å²) in [5.74, 6) is 0.309. The van der Waals surface area contributed by atoms with Crippen LogP contribution in [0.5, 0.6) is 0 Å². The third kappa shape index (κ3) is 3.61. The molecular weight excluding hydrogens is 458 g/mol. The minimum atomic E-state index is 0.223. The zero-order valence-corrected chi connectivity index (χ0v) is 22.4. The van der Waals surface area contributed by atoms with Gasteiger partial charge in [-0.25, -0.2) is 0 Å². The predicted molar refractivity (Wildman–Crippen MR) is 164 cm³/mol. The van der Waals surface area contributed by atoms with Crippen molar-refractivity contribution >= 4 is 43.7 Å². The zero-order chi connectivity index (χ0) is 25.9. The standard InChI is InChI=1S/C37H33N/c1-4-11-32(36-27-14-7-5-12-24(27)22-25-13-6-8-15-28(25)36)30-19-21-35(31-17-10-9-16-29(30)31)38-26-18-20-33-34(23-26)37(33,2)3/h5-10,12-23,32,38H,4,11H2,1-3H3. The molecule has 186 valence electrons. The third-order valence-electron chi connectivity index (χ3n) is 8.65. The highest BCUT2D eigenvalue weighted by Gasteiger charge is 2.41. The molecule has 1 heteroatoms. The quantitative estimate of drug-likeness (QED) is 0.228. The molecule has 38 heavy (non-hydrogen) atoms. The Labute approximate surface area is 225 Å². The van der Waals surface area contributed by atoms with Gasteiger partial charge in [0.25, 0.3) is 0 Å². The summed E-state index contributed by atoms with van der Waals surface area (Å²) in [6, 6.07) is 40.6. The maximum absolute atomic E-state index is 3.76. The molecule has 1 N–H and O–H groups in total. The summed E-state index contributed by atoms with van der Waals surface area (Å²) in [6.07, 6.45) is 2.23. The molecule has 0 amide bonds. The van der Waals surface area contributed by atoms with Gasteiger partial charge in [-0.1, -0.05) is 112 Å². The van der Waals surface area contributed by atoms with E-state index in [1.807, 2.05) is 0 Å². The average Bonchev–Trinajstić information content (AvgIpc) is 3.50. The lowest BCUT2D eigenvalue weighted by atomic mass is 9.80. The van der Waals surface area contributed by atoms with Crippen molar-refractivity contribution in [3.8, 4) is 0 Å². The number of fused-ring (bicyclic) bond motifs is 4. The molecule has 0 spiro atoms. The van der Waals surface area contributed by atoms with Crippen LogP contribution in [0.4, 0.5) is 11.4 Å². The number of hydrogen-bond donors (Lipinski definition) is 1.